The molecule has 0 aliphatic carbocycles. The Bertz CT molecular complexity index is 579. The third kappa shape index (κ3) is 2.27. The standard InChI is InChI=1S/C14H14N4/c1-7-17-18(9-1)14-4-2-13(3-5-14)16-11-12-6-8-15-10-12/h1-10,15-16H,11H2. The van der Waals surface area contributed by atoms with Crippen LogP contribution >= 0.6 is 0 Å². The van der Waals surface area contributed by atoms with Crippen LogP contribution in [0.3, 0.4) is 0 Å². The van der Waals surface area contributed by atoms with Crippen LogP contribution in [0, 0.1) is 0 Å². The van der Waals surface area contributed by atoms with Gasteiger partial charge in [0.25, 0.3) is 0 Å². The minimum atomic E-state index is 0.824. The maximum Gasteiger partial charge on any atom is 0.0647 e. The van der Waals surface area contributed by atoms with Crippen LogP contribution in [0.5, 0.6) is 0 Å². The summed E-state index contributed by atoms with van der Waals surface area (Å²) in [4.78, 5) is 3.04. The minimum absolute atomic E-state index is 0.824. The molecule has 0 aliphatic heterocycles. The number of aromatic amines is 1. The number of benzene rings is 1. The van der Waals surface area contributed by atoms with Gasteiger partial charge in [-0.3, -0.25) is 0 Å². The van der Waals surface area contributed by atoms with E-state index in [1.54, 1.807) is 6.20 Å². The molecule has 1 aromatic carbocycles. The van der Waals surface area contributed by atoms with Gasteiger partial charge in [-0.1, -0.05) is 0 Å². The second-order valence-electron chi connectivity index (χ2n) is 4.07. The van der Waals surface area contributed by atoms with Crippen molar-refractivity contribution >= 4 is 5.69 Å². The topological polar surface area (TPSA) is 45.6 Å². The second kappa shape index (κ2) is 4.79. The molecule has 0 saturated carbocycles. The summed E-state index contributed by atoms with van der Waals surface area (Å²) in [6.07, 6.45) is 7.63. The van der Waals surface area contributed by atoms with Crippen LogP contribution < -0.4 is 5.32 Å². The summed E-state index contributed by atoms with van der Waals surface area (Å²) >= 11 is 0. The van der Waals surface area contributed by atoms with E-state index in [2.05, 4.69) is 33.6 Å². The van der Waals surface area contributed by atoms with Crippen molar-refractivity contribution < 1.29 is 0 Å². The third-order valence-corrected chi connectivity index (χ3v) is 2.80. The molecule has 0 aliphatic rings. The summed E-state index contributed by atoms with van der Waals surface area (Å²) in [5, 5.41) is 7.56. The molecule has 0 saturated heterocycles. The first-order chi connectivity index (χ1) is 8.92. The Morgan fingerprint density at radius 2 is 2.06 bits per heavy atom. The number of hydrogen-bond donors (Lipinski definition) is 2. The van der Waals surface area contributed by atoms with Crippen LogP contribution in [0.4, 0.5) is 5.69 Å². The fraction of sp³-hybridized carbons (Fsp3) is 0.0714. The fourth-order valence-electron chi connectivity index (χ4n) is 1.83. The monoisotopic (exact) mass is 238 g/mol. The first-order valence-electron chi connectivity index (χ1n) is 5.87. The second-order valence-corrected chi connectivity index (χ2v) is 4.07. The molecular formula is C14H14N4. The Kier molecular flexibility index (Phi) is 2.84. The molecule has 2 aromatic heterocycles. The number of anilines is 1. The smallest absolute Gasteiger partial charge is 0.0647 e. The molecule has 4 nitrogen and oxygen atoms in total. The van der Waals surface area contributed by atoms with Gasteiger partial charge in [-0.15, -0.1) is 0 Å². The van der Waals surface area contributed by atoms with Gasteiger partial charge in [0.05, 0.1) is 5.69 Å². The van der Waals surface area contributed by atoms with Crippen molar-refractivity contribution in [1.82, 2.24) is 14.8 Å². The fourth-order valence-corrected chi connectivity index (χ4v) is 1.83. The van der Waals surface area contributed by atoms with Gasteiger partial charge in [0, 0.05) is 37.0 Å². The Balaban J connectivity index is 1.68. The number of aromatic nitrogens is 3. The van der Waals surface area contributed by atoms with Gasteiger partial charge in [0.1, 0.15) is 0 Å². The van der Waals surface area contributed by atoms with Crippen LogP contribution in [0.1, 0.15) is 5.56 Å². The number of nitrogens with one attached hydrogen (secondary N) is 2. The highest BCUT2D eigenvalue weighted by molar-refractivity contribution is 5.48. The van der Waals surface area contributed by atoms with Crippen molar-refractivity contribution in [2.24, 2.45) is 0 Å². The molecule has 18 heavy (non-hydrogen) atoms. The van der Waals surface area contributed by atoms with Crippen LogP contribution in [0.2, 0.25) is 0 Å². The molecule has 2 heterocycles. The zero-order valence-electron chi connectivity index (χ0n) is 9.88. The summed E-state index contributed by atoms with van der Waals surface area (Å²) < 4.78 is 1.84. The molecule has 0 radical (unpaired) electrons. The first kappa shape index (κ1) is 10.7. The molecule has 0 fully saturated rings. The lowest BCUT2D eigenvalue weighted by Crippen LogP contribution is -1.99. The Labute approximate surface area is 105 Å². The zero-order chi connectivity index (χ0) is 12.2. The highest BCUT2D eigenvalue weighted by Gasteiger charge is 1.97. The Hall–Kier alpha value is -2.49. The SMILES string of the molecule is c1cnn(-c2ccc(NCc3cc[nH]c3)cc2)c1. The summed E-state index contributed by atoms with van der Waals surface area (Å²) in [6, 6.07) is 12.2. The molecule has 90 valence electrons. The van der Waals surface area contributed by atoms with Crippen LogP contribution in [0.15, 0.2) is 61.2 Å². The molecule has 0 spiro atoms. The van der Waals surface area contributed by atoms with Crippen LogP contribution in [-0.2, 0) is 6.54 Å². The number of H-pyrrole nitrogens is 1. The van der Waals surface area contributed by atoms with E-state index in [1.165, 1.54) is 5.56 Å². The molecule has 0 unspecified atom stereocenters. The number of nitrogens with zero attached hydrogens (tertiary/aromatic N) is 2. The van der Waals surface area contributed by atoms with E-state index >= 15 is 0 Å². The lowest BCUT2D eigenvalue weighted by atomic mass is 10.2. The van der Waals surface area contributed by atoms with E-state index in [4.69, 9.17) is 0 Å². The lowest BCUT2D eigenvalue weighted by Gasteiger charge is -2.06. The number of rotatable bonds is 4. The summed E-state index contributed by atoms with van der Waals surface area (Å²) in [6.45, 7) is 0.824. The zero-order valence-corrected chi connectivity index (χ0v) is 9.88. The average molecular weight is 238 g/mol. The predicted molar refractivity (Wildman–Crippen MR) is 71.7 cm³/mol. The van der Waals surface area contributed by atoms with E-state index < -0.39 is 0 Å². The maximum atomic E-state index is 4.19. The summed E-state index contributed by atoms with van der Waals surface area (Å²) in [5.41, 5.74) is 3.41. The Morgan fingerprint density at radius 1 is 1.17 bits per heavy atom. The minimum Gasteiger partial charge on any atom is -0.381 e. The van der Waals surface area contributed by atoms with Gasteiger partial charge in [-0.2, -0.15) is 5.10 Å². The van der Waals surface area contributed by atoms with Crippen LogP contribution in [0.25, 0.3) is 5.69 Å². The lowest BCUT2D eigenvalue weighted by molar-refractivity contribution is 0.880. The molecule has 2 N–H and O–H groups in total. The van der Waals surface area contributed by atoms with Crippen molar-refractivity contribution in [1.29, 1.82) is 0 Å². The van der Waals surface area contributed by atoms with E-state index in [-0.39, 0.29) is 0 Å². The highest BCUT2D eigenvalue weighted by Crippen LogP contribution is 2.13. The van der Waals surface area contributed by atoms with Gasteiger partial charge >= 0.3 is 0 Å². The quantitative estimate of drug-likeness (QED) is 0.734. The van der Waals surface area contributed by atoms with Gasteiger partial charge in [-0.05, 0) is 42.0 Å². The normalized spacial score (nSPS) is 10.4. The van der Waals surface area contributed by atoms with Gasteiger partial charge in [-0.25, -0.2) is 4.68 Å². The summed E-state index contributed by atoms with van der Waals surface area (Å²) in [5.74, 6) is 0. The Morgan fingerprint density at radius 3 is 2.72 bits per heavy atom. The first-order valence-corrected chi connectivity index (χ1v) is 5.87. The molecule has 0 atom stereocenters. The van der Waals surface area contributed by atoms with Crippen molar-refractivity contribution in [3.8, 4) is 5.69 Å². The number of hydrogen-bond acceptors (Lipinski definition) is 2. The maximum absolute atomic E-state index is 4.19. The van der Waals surface area contributed by atoms with Gasteiger partial charge in [0.15, 0.2) is 0 Å². The third-order valence-electron chi connectivity index (χ3n) is 2.80. The van der Waals surface area contributed by atoms with Crippen molar-refractivity contribution in [3.63, 3.8) is 0 Å². The van der Waals surface area contributed by atoms with Gasteiger partial charge in [0.2, 0.25) is 0 Å². The summed E-state index contributed by atoms with van der Waals surface area (Å²) in [7, 11) is 0. The largest absolute Gasteiger partial charge is 0.381 e. The van der Waals surface area contributed by atoms with E-state index in [1.807, 2.05) is 41.5 Å². The molecule has 3 rings (SSSR count). The molecule has 3 aromatic rings. The molecular weight excluding hydrogens is 224 g/mol. The van der Waals surface area contributed by atoms with Gasteiger partial charge < -0.3 is 10.3 Å². The highest BCUT2D eigenvalue weighted by atomic mass is 15.3. The van der Waals surface area contributed by atoms with E-state index in [0.717, 1.165) is 17.9 Å². The van der Waals surface area contributed by atoms with E-state index in [9.17, 15) is 0 Å². The van der Waals surface area contributed by atoms with Crippen molar-refractivity contribution in [2.45, 2.75) is 6.54 Å². The predicted octanol–water partition coefficient (Wildman–Crippen LogP) is 2.81. The van der Waals surface area contributed by atoms with Crippen molar-refractivity contribution in [3.05, 3.63) is 66.7 Å². The average Bonchev–Trinajstić information content (AvgIpc) is 3.10. The van der Waals surface area contributed by atoms with Crippen molar-refractivity contribution in [2.75, 3.05) is 5.32 Å². The molecule has 0 amide bonds. The molecule has 0 bridgehead atoms. The molecule has 4 heteroatoms. The van der Waals surface area contributed by atoms with E-state index in [0.29, 0.717) is 0 Å². The van der Waals surface area contributed by atoms with Crippen LogP contribution in [-0.4, -0.2) is 14.8 Å².